The van der Waals surface area contributed by atoms with Gasteiger partial charge in [0.15, 0.2) is 0 Å². The van der Waals surface area contributed by atoms with Crippen molar-refractivity contribution in [2.24, 2.45) is 0 Å². The van der Waals surface area contributed by atoms with Gasteiger partial charge in [-0.25, -0.2) is 0 Å². The van der Waals surface area contributed by atoms with Crippen LogP contribution < -0.4 is 4.74 Å². The molecule has 6 nitrogen and oxygen atoms in total. The average Bonchev–Trinajstić information content (AvgIpc) is 3.35. The van der Waals surface area contributed by atoms with Crippen LogP contribution in [0.25, 0.3) is 11.4 Å². The maximum Gasteiger partial charge on any atom is 0.232 e. The van der Waals surface area contributed by atoms with E-state index in [2.05, 4.69) is 43.0 Å². The number of ether oxygens (including phenoxy) is 1. The van der Waals surface area contributed by atoms with Gasteiger partial charge in [-0.1, -0.05) is 62.3 Å². The summed E-state index contributed by atoms with van der Waals surface area (Å²) < 4.78 is 10.7. The third kappa shape index (κ3) is 4.22. The van der Waals surface area contributed by atoms with E-state index >= 15 is 0 Å². The van der Waals surface area contributed by atoms with Crippen LogP contribution in [0.15, 0.2) is 53.1 Å². The second-order valence-electron chi connectivity index (χ2n) is 8.81. The van der Waals surface area contributed by atoms with Gasteiger partial charge < -0.3 is 14.2 Å². The highest BCUT2D eigenvalue weighted by Crippen LogP contribution is 2.30. The molecule has 0 spiro atoms. The van der Waals surface area contributed by atoms with E-state index in [-0.39, 0.29) is 17.2 Å². The quantitative estimate of drug-likeness (QED) is 0.622. The molecule has 1 saturated heterocycles. The Morgan fingerprint density at radius 1 is 1.10 bits per heavy atom. The fourth-order valence-corrected chi connectivity index (χ4v) is 3.68. The van der Waals surface area contributed by atoms with Crippen molar-refractivity contribution in [3.05, 3.63) is 65.5 Å². The maximum atomic E-state index is 12.5. The van der Waals surface area contributed by atoms with Gasteiger partial charge in [-0.15, -0.1) is 0 Å². The van der Waals surface area contributed by atoms with Crippen LogP contribution in [0, 0.1) is 0 Å². The van der Waals surface area contributed by atoms with E-state index in [1.807, 2.05) is 41.3 Å². The molecule has 2 aromatic carbocycles. The molecule has 1 amide bonds. The van der Waals surface area contributed by atoms with Crippen LogP contribution in [0.5, 0.6) is 5.75 Å². The van der Waals surface area contributed by atoms with Gasteiger partial charge >= 0.3 is 0 Å². The van der Waals surface area contributed by atoms with Gasteiger partial charge in [0.2, 0.25) is 17.6 Å². The third-order valence-electron chi connectivity index (χ3n) is 5.55. The van der Waals surface area contributed by atoms with Crippen molar-refractivity contribution in [2.45, 2.75) is 45.1 Å². The minimum Gasteiger partial charge on any atom is -0.497 e. The van der Waals surface area contributed by atoms with Crippen molar-refractivity contribution < 1.29 is 14.1 Å². The largest absolute Gasteiger partial charge is 0.497 e. The third-order valence-corrected chi connectivity index (χ3v) is 5.55. The van der Waals surface area contributed by atoms with Crippen LogP contribution >= 0.6 is 0 Å². The van der Waals surface area contributed by atoms with Crippen molar-refractivity contribution in [1.82, 2.24) is 15.0 Å². The first-order valence-corrected chi connectivity index (χ1v) is 10.2. The molecule has 0 N–H and O–H groups in total. The molecule has 0 bridgehead atoms. The van der Waals surface area contributed by atoms with Crippen LogP contribution in [0.2, 0.25) is 0 Å². The molecular weight excluding hydrogens is 378 g/mol. The number of hydrogen-bond donors (Lipinski definition) is 0. The maximum absolute atomic E-state index is 12.5. The zero-order valence-electron chi connectivity index (χ0n) is 17.9. The first-order valence-electron chi connectivity index (χ1n) is 10.2. The van der Waals surface area contributed by atoms with Gasteiger partial charge in [0, 0.05) is 25.1 Å². The number of amides is 1. The lowest BCUT2D eigenvalue weighted by Gasteiger charge is -2.18. The minimum atomic E-state index is -0.0779. The number of carbonyl (C=O) groups excluding carboxylic acids is 1. The lowest BCUT2D eigenvalue weighted by molar-refractivity contribution is -0.128. The summed E-state index contributed by atoms with van der Waals surface area (Å²) in [5.41, 5.74) is 3.33. The molecular formula is C24H27N3O3. The Balaban J connectivity index is 1.44. The van der Waals surface area contributed by atoms with E-state index in [0.717, 1.165) is 16.9 Å². The fourth-order valence-electron chi connectivity index (χ4n) is 3.68. The molecule has 30 heavy (non-hydrogen) atoms. The summed E-state index contributed by atoms with van der Waals surface area (Å²) in [6, 6.07) is 16.0. The van der Waals surface area contributed by atoms with Crippen molar-refractivity contribution in [2.75, 3.05) is 13.7 Å². The topological polar surface area (TPSA) is 68.5 Å². The van der Waals surface area contributed by atoms with Gasteiger partial charge in [-0.3, -0.25) is 4.79 Å². The Morgan fingerprint density at radius 3 is 2.43 bits per heavy atom. The highest BCUT2D eigenvalue weighted by Gasteiger charge is 2.34. The van der Waals surface area contributed by atoms with Crippen molar-refractivity contribution >= 4 is 5.91 Å². The summed E-state index contributed by atoms with van der Waals surface area (Å²) in [6.07, 6.45) is 0.390. The summed E-state index contributed by atoms with van der Waals surface area (Å²) >= 11 is 0. The molecule has 0 aliphatic carbocycles. The predicted octanol–water partition coefficient (Wildman–Crippen LogP) is 4.56. The van der Waals surface area contributed by atoms with Gasteiger partial charge in [-0.2, -0.15) is 4.98 Å². The zero-order chi connectivity index (χ0) is 21.3. The molecule has 4 rings (SSSR count). The summed E-state index contributed by atoms with van der Waals surface area (Å²) in [5.74, 6) is 1.91. The van der Waals surface area contributed by atoms with E-state index < -0.39 is 0 Å². The Kier molecular flexibility index (Phi) is 5.33. The summed E-state index contributed by atoms with van der Waals surface area (Å²) in [7, 11) is 1.64. The monoisotopic (exact) mass is 405 g/mol. The van der Waals surface area contributed by atoms with Crippen LogP contribution in [0.4, 0.5) is 0 Å². The van der Waals surface area contributed by atoms with E-state index in [1.165, 1.54) is 5.56 Å². The predicted molar refractivity (Wildman–Crippen MR) is 114 cm³/mol. The highest BCUT2D eigenvalue weighted by molar-refractivity contribution is 5.79. The zero-order valence-corrected chi connectivity index (χ0v) is 17.9. The molecule has 1 fully saturated rings. The molecule has 1 aliphatic rings. The van der Waals surface area contributed by atoms with Crippen LogP contribution in [-0.2, 0) is 16.8 Å². The molecule has 0 radical (unpaired) electrons. The molecule has 2 heterocycles. The number of hydrogen-bond acceptors (Lipinski definition) is 5. The SMILES string of the molecule is COc1ccc(CN2CC(c3nc(-c4ccc(C(C)(C)C)cc4)no3)CC2=O)cc1. The minimum absolute atomic E-state index is 0.0779. The Bertz CT molecular complexity index is 1020. The van der Waals surface area contributed by atoms with Crippen LogP contribution in [-0.4, -0.2) is 34.6 Å². The van der Waals surface area contributed by atoms with E-state index in [9.17, 15) is 4.79 Å². The molecule has 156 valence electrons. The van der Waals surface area contributed by atoms with Gasteiger partial charge in [0.05, 0.1) is 13.0 Å². The first kappa shape index (κ1) is 20.1. The molecule has 0 saturated carbocycles. The lowest BCUT2D eigenvalue weighted by atomic mass is 9.87. The number of rotatable bonds is 5. The number of nitrogens with zero attached hydrogens (tertiary/aromatic N) is 3. The van der Waals surface area contributed by atoms with Crippen molar-refractivity contribution in [1.29, 1.82) is 0 Å². The Morgan fingerprint density at radius 2 is 1.80 bits per heavy atom. The van der Waals surface area contributed by atoms with Gasteiger partial charge in [0.1, 0.15) is 5.75 Å². The summed E-state index contributed by atoms with van der Waals surface area (Å²) in [5, 5.41) is 4.15. The van der Waals surface area contributed by atoms with Crippen LogP contribution in [0.1, 0.15) is 50.1 Å². The number of aromatic nitrogens is 2. The molecule has 1 aliphatic heterocycles. The van der Waals surface area contributed by atoms with E-state index in [4.69, 9.17) is 9.26 Å². The smallest absolute Gasteiger partial charge is 0.232 e. The van der Waals surface area contributed by atoms with E-state index in [1.54, 1.807) is 7.11 Å². The number of carbonyl (C=O) groups is 1. The Hall–Kier alpha value is -3.15. The molecule has 1 atom stereocenters. The molecule has 3 aromatic rings. The number of methoxy groups -OCH3 is 1. The van der Waals surface area contributed by atoms with Crippen molar-refractivity contribution in [3.63, 3.8) is 0 Å². The fraction of sp³-hybridized carbons (Fsp3) is 0.375. The Labute approximate surface area is 176 Å². The van der Waals surface area contributed by atoms with E-state index in [0.29, 0.717) is 31.2 Å². The number of benzene rings is 2. The molecule has 1 aromatic heterocycles. The normalized spacial score (nSPS) is 16.9. The summed E-state index contributed by atoms with van der Waals surface area (Å²) in [4.78, 5) is 18.9. The first-order chi connectivity index (χ1) is 14.3. The average molecular weight is 405 g/mol. The molecule has 6 heteroatoms. The standard InChI is InChI=1S/C24H27N3O3/c1-24(2,3)19-9-7-17(8-10-19)22-25-23(30-26-22)18-13-21(28)27(15-18)14-16-5-11-20(29-4)12-6-16/h5-12,18H,13-15H2,1-4H3. The molecule has 1 unspecified atom stereocenters. The highest BCUT2D eigenvalue weighted by atomic mass is 16.5. The van der Waals surface area contributed by atoms with Gasteiger partial charge in [0.25, 0.3) is 0 Å². The van der Waals surface area contributed by atoms with Gasteiger partial charge in [-0.05, 0) is 28.7 Å². The lowest BCUT2D eigenvalue weighted by Crippen LogP contribution is -2.24. The van der Waals surface area contributed by atoms with Crippen LogP contribution in [0.3, 0.4) is 0 Å². The second-order valence-corrected chi connectivity index (χ2v) is 8.81. The second kappa shape index (κ2) is 7.94. The summed E-state index contributed by atoms with van der Waals surface area (Å²) in [6.45, 7) is 7.69. The van der Waals surface area contributed by atoms with Crippen molar-refractivity contribution in [3.8, 4) is 17.1 Å². The number of likely N-dealkylation sites (tertiary alicyclic amines) is 1.